The predicted molar refractivity (Wildman–Crippen MR) is 84.9 cm³/mol. The van der Waals surface area contributed by atoms with E-state index in [1.165, 1.54) is 6.07 Å². The zero-order valence-corrected chi connectivity index (χ0v) is 14.0. The van der Waals surface area contributed by atoms with E-state index >= 15 is 0 Å². The van der Waals surface area contributed by atoms with E-state index in [4.69, 9.17) is 0 Å². The fourth-order valence-corrected chi connectivity index (χ4v) is 1.97. The molecule has 126 valence electrons. The Morgan fingerprint density at radius 3 is 2.79 bits per heavy atom. The van der Waals surface area contributed by atoms with Gasteiger partial charge in [0.2, 0.25) is 11.7 Å². The number of carbonyl (C=O) groups is 1. The van der Waals surface area contributed by atoms with Gasteiger partial charge in [-0.05, 0) is 48.7 Å². The van der Waals surface area contributed by atoms with E-state index in [0.717, 1.165) is 4.80 Å². The van der Waals surface area contributed by atoms with Gasteiger partial charge in [0.15, 0.2) is 0 Å². The zero-order valence-electron chi connectivity index (χ0n) is 14.0. The number of nitrogens with one attached hydrogen (secondary N) is 1. The summed E-state index contributed by atoms with van der Waals surface area (Å²) in [6, 6.07) is 6.60. The molecule has 24 heavy (non-hydrogen) atoms. The SMILES string of the molecule is Cc1cc(-c2nnn(CC(=O)N[C@@](C)(C#N)C(C)C)n2)ccc1F. The smallest absolute Gasteiger partial charge is 0.244 e. The summed E-state index contributed by atoms with van der Waals surface area (Å²) in [5.74, 6) is -0.437. The van der Waals surface area contributed by atoms with Gasteiger partial charge in [0.05, 0.1) is 6.07 Å². The lowest BCUT2D eigenvalue weighted by Gasteiger charge is -2.27. The van der Waals surface area contributed by atoms with Gasteiger partial charge >= 0.3 is 0 Å². The van der Waals surface area contributed by atoms with E-state index in [2.05, 4.69) is 26.8 Å². The molecule has 1 N–H and O–H groups in total. The highest BCUT2D eigenvalue weighted by Gasteiger charge is 2.30. The van der Waals surface area contributed by atoms with Crippen molar-refractivity contribution >= 4 is 5.91 Å². The summed E-state index contributed by atoms with van der Waals surface area (Å²) >= 11 is 0. The van der Waals surface area contributed by atoms with E-state index in [1.807, 2.05) is 13.8 Å². The molecular weight excluding hydrogens is 311 g/mol. The molecule has 0 saturated carbocycles. The molecule has 0 aliphatic carbocycles. The number of nitriles is 1. The lowest BCUT2D eigenvalue weighted by Crippen LogP contribution is -2.50. The molecule has 0 fully saturated rings. The fraction of sp³-hybridized carbons (Fsp3) is 0.438. The minimum atomic E-state index is -0.964. The molecule has 2 aromatic rings. The van der Waals surface area contributed by atoms with E-state index in [-0.39, 0.29) is 24.2 Å². The maximum Gasteiger partial charge on any atom is 0.244 e. The Balaban J connectivity index is 2.10. The van der Waals surface area contributed by atoms with Crippen molar-refractivity contribution in [3.05, 3.63) is 29.6 Å². The quantitative estimate of drug-likeness (QED) is 0.902. The highest BCUT2D eigenvalue weighted by molar-refractivity contribution is 5.77. The summed E-state index contributed by atoms with van der Waals surface area (Å²) in [5, 5.41) is 23.7. The molecule has 7 nitrogen and oxygen atoms in total. The molecule has 0 saturated heterocycles. The minimum Gasteiger partial charge on any atom is -0.336 e. The van der Waals surface area contributed by atoms with Crippen molar-refractivity contribution in [2.75, 3.05) is 0 Å². The van der Waals surface area contributed by atoms with Crippen molar-refractivity contribution in [2.24, 2.45) is 5.92 Å². The van der Waals surface area contributed by atoms with Gasteiger partial charge in [0.1, 0.15) is 17.9 Å². The molecule has 1 heterocycles. The predicted octanol–water partition coefficient (Wildman–Crippen LogP) is 1.84. The zero-order chi connectivity index (χ0) is 17.9. The van der Waals surface area contributed by atoms with Gasteiger partial charge in [0.25, 0.3) is 0 Å². The Morgan fingerprint density at radius 2 is 2.21 bits per heavy atom. The molecule has 0 spiro atoms. The Hall–Kier alpha value is -2.82. The van der Waals surface area contributed by atoms with Gasteiger partial charge in [-0.3, -0.25) is 4.79 Å². The second kappa shape index (κ2) is 6.74. The van der Waals surface area contributed by atoms with Gasteiger partial charge in [-0.2, -0.15) is 10.1 Å². The van der Waals surface area contributed by atoms with Crippen LogP contribution in [0.1, 0.15) is 26.3 Å². The molecule has 1 amide bonds. The molecule has 0 aliphatic heterocycles. The normalized spacial score (nSPS) is 13.4. The average molecular weight is 330 g/mol. The van der Waals surface area contributed by atoms with Crippen LogP contribution in [-0.4, -0.2) is 31.7 Å². The summed E-state index contributed by atoms with van der Waals surface area (Å²) in [6.07, 6.45) is 0. The van der Waals surface area contributed by atoms with E-state index in [0.29, 0.717) is 17.0 Å². The topological polar surface area (TPSA) is 96.5 Å². The Labute approximate surface area is 139 Å². The van der Waals surface area contributed by atoms with Crippen molar-refractivity contribution in [3.8, 4) is 17.5 Å². The van der Waals surface area contributed by atoms with Crippen LogP contribution in [0.2, 0.25) is 0 Å². The third-order valence-corrected chi connectivity index (χ3v) is 3.94. The van der Waals surface area contributed by atoms with Crippen LogP contribution in [0.3, 0.4) is 0 Å². The summed E-state index contributed by atoms with van der Waals surface area (Å²) in [5.41, 5.74) is 0.127. The third-order valence-electron chi connectivity index (χ3n) is 3.94. The van der Waals surface area contributed by atoms with Crippen LogP contribution < -0.4 is 5.32 Å². The highest BCUT2D eigenvalue weighted by atomic mass is 19.1. The molecule has 0 radical (unpaired) electrons. The third kappa shape index (κ3) is 3.74. The van der Waals surface area contributed by atoms with Crippen molar-refractivity contribution in [1.82, 2.24) is 25.5 Å². The van der Waals surface area contributed by atoms with Crippen LogP contribution in [0.5, 0.6) is 0 Å². The first-order chi connectivity index (χ1) is 11.2. The minimum absolute atomic E-state index is 0.0482. The standard InChI is InChI=1S/C16H19FN6O/c1-10(2)16(4,9-18)19-14(24)8-23-21-15(20-22-23)12-5-6-13(17)11(3)7-12/h5-7,10H,8H2,1-4H3,(H,19,24)/t16-/m0/s1. The molecular formula is C16H19FN6O. The van der Waals surface area contributed by atoms with E-state index in [9.17, 15) is 14.4 Å². The molecule has 1 aromatic carbocycles. The second-order valence-electron chi connectivity index (χ2n) is 6.12. The Kier molecular flexibility index (Phi) is 4.93. The largest absolute Gasteiger partial charge is 0.336 e. The van der Waals surface area contributed by atoms with Crippen LogP contribution in [-0.2, 0) is 11.3 Å². The number of aromatic nitrogens is 4. The van der Waals surface area contributed by atoms with Crippen LogP contribution >= 0.6 is 0 Å². The maximum absolute atomic E-state index is 13.3. The van der Waals surface area contributed by atoms with E-state index in [1.54, 1.807) is 26.0 Å². The van der Waals surface area contributed by atoms with Gasteiger partial charge < -0.3 is 5.32 Å². The number of hydrogen-bond donors (Lipinski definition) is 1. The molecule has 2 rings (SSSR count). The van der Waals surface area contributed by atoms with Crippen molar-refractivity contribution in [2.45, 2.75) is 39.8 Å². The van der Waals surface area contributed by atoms with Crippen molar-refractivity contribution in [1.29, 1.82) is 5.26 Å². The number of halogens is 1. The summed E-state index contributed by atoms with van der Waals surface area (Å²) < 4.78 is 13.3. The fourth-order valence-electron chi connectivity index (χ4n) is 1.97. The monoisotopic (exact) mass is 330 g/mol. The maximum atomic E-state index is 13.3. The number of nitrogens with zero attached hydrogens (tertiary/aromatic N) is 5. The Bertz CT molecular complexity index is 794. The van der Waals surface area contributed by atoms with Gasteiger partial charge in [-0.15, -0.1) is 10.2 Å². The molecule has 0 bridgehead atoms. The van der Waals surface area contributed by atoms with E-state index < -0.39 is 5.54 Å². The lowest BCUT2D eigenvalue weighted by atomic mass is 9.90. The highest BCUT2D eigenvalue weighted by Crippen LogP contribution is 2.18. The summed E-state index contributed by atoms with van der Waals surface area (Å²) in [7, 11) is 0. The number of aryl methyl sites for hydroxylation is 1. The number of hydrogen-bond acceptors (Lipinski definition) is 5. The van der Waals surface area contributed by atoms with Crippen LogP contribution in [0, 0.1) is 30.0 Å². The summed E-state index contributed by atoms with van der Waals surface area (Å²) in [4.78, 5) is 13.2. The number of tetrazole rings is 1. The molecule has 1 atom stereocenters. The lowest BCUT2D eigenvalue weighted by molar-refractivity contribution is -0.123. The average Bonchev–Trinajstić information content (AvgIpc) is 2.97. The number of rotatable bonds is 5. The van der Waals surface area contributed by atoms with Gasteiger partial charge in [-0.1, -0.05) is 13.8 Å². The number of carbonyl (C=O) groups excluding carboxylic acids is 1. The number of amides is 1. The van der Waals surface area contributed by atoms with Gasteiger partial charge in [-0.25, -0.2) is 4.39 Å². The first kappa shape index (κ1) is 17.5. The molecule has 0 aliphatic rings. The first-order valence-corrected chi connectivity index (χ1v) is 7.52. The molecule has 0 unspecified atom stereocenters. The van der Waals surface area contributed by atoms with Crippen molar-refractivity contribution in [3.63, 3.8) is 0 Å². The van der Waals surface area contributed by atoms with Crippen LogP contribution in [0.25, 0.3) is 11.4 Å². The van der Waals surface area contributed by atoms with Crippen molar-refractivity contribution < 1.29 is 9.18 Å². The molecule has 8 heteroatoms. The second-order valence-corrected chi connectivity index (χ2v) is 6.12. The Morgan fingerprint density at radius 1 is 1.50 bits per heavy atom. The van der Waals surface area contributed by atoms with Crippen LogP contribution in [0.4, 0.5) is 4.39 Å². The van der Waals surface area contributed by atoms with Gasteiger partial charge in [0, 0.05) is 5.56 Å². The summed E-state index contributed by atoms with van der Waals surface area (Å²) in [6.45, 7) is 6.86. The first-order valence-electron chi connectivity index (χ1n) is 7.52. The van der Waals surface area contributed by atoms with Crippen LogP contribution in [0.15, 0.2) is 18.2 Å². The molecule has 1 aromatic heterocycles. The number of benzene rings is 1.